The molecule has 2 N–H and O–H groups in total. The summed E-state index contributed by atoms with van der Waals surface area (Å²) >= 11 is 0. The van der Waals surface area contributed by atoms with Gasteiger partial charge in [0.15, 0.2) is 0 Å². The average Bonchev–Trinajstić information content (AvgIpc) is 2.63. The zero-order valence-electron chi connectivity index (χ0n) is 14.6. The van der Waals surface area contributed by atoms with Crippen LogP contribution in [0.1, 0.15) is 20.3 Å². The van der Waals surface area contributed by atoms with Gasteiger partial charge in [0.25, 0.3) is 5.69 Å². The van der Waals surface area contributed by atoms with Crippen LogP contribution in [0.25, 0.3) is 0 Å². The quantitative estimate of drug-likeness (QED) is 0.358. The van der Waals surface area contributed by atoms with Crippen LogP contribution < -0.4 is 10.0 Å². The van der Waals surface area contributed by atoms with Crippen LogP contribution in [-0.4, -0.2) is 44.9 Å². The summed E-state index contributed by atoms with van der Waals surface area (Å²) in [6, 6.07) is 3.33. The number of ether oxygens (including phenoxy) is 1. The highest BCUT2D eigenvalue weighted by Crippen LogP contribution is 2.15. The summed E-state index contributed by atoms with van der Waals surface area (Å²) in [5.74, 6) is -1.52. The molecule has 0 heterocycles. The molecule has 2 unspecified atom stereocenters. The molecule has 0 fully saturated rings. The fourth-order valence-electron chi connectivity index (χ4n) is 2.01. The van der Waals surface area contributed by atoms with Gasteiger partial charge in [-0.1, -0.05) is 20.3 Å². The molecule has 2 atom stereocenters. The summed E-state index contributed by atoms with van der Waals surface area (Å²) < 4.78 is 31.0. The van der Waals surface area contributed by atoms with E-state index in [0.29, 0.717) is 6.42 Å². The van der Waals surface area contributed by atoms with Gasteiger partial charge in [-0.25, -0.2) is 17.9 Å². The zero-order valence-corrected chi connectivity index (χ0v) is 15.4. The molecule has 0 aliphatic heterocycles. The number of esters is 1. The Bertz CT molecular complexity index is 762. The lowest BCUT2D eigenvalue weighted by atomic mass is 9.99. The number of rotatable bonds is 9. The lowest BCUT2D eigenvalue weighted by Gasteiger charge is -2.21. The number of nitrogens with one attached hydrogen (secondary N) is 2. The maximum absolute atomic E-state index is 12.1. The molecule has 1 aromatic rings. The first-order valence-corrected chi connectivity index (χ1v) is 9.22. The Hall–Kier alpha value is -2.53. The third-order valence-corrected chi connectivity index (χ3v) is 5.18. The first kappa shape index (κ1) is 21.5. The predicted octanol–water partition coefficient (Wildman–Crippen LogP) is 0.577. The number of nitro groups is 1. The third kappa shape index (κ3) is 5.77. The van der Waals surface area contributed by atoms with Crippen LogP contribution >= 0.6 is 0 Å². The second kappa shape index (κ2) is 9.25. The van der Waals surface area contributed by atoms with E-state index in [1.807, 2.05) is 6.92 Å². The van der Waals surface area contributed by atoms with Gasteiger partial charge in [0.05, 0.1) is 23.5 Å². The van der Waals surface area contributed by atoms with Crippen molar-refractivity contribution in [3.63, 3.8) is 0 Å². The molecule has 11 heteroatoms. The van der Waals surface area contributed by atoms with Gasteiger partial charge in [-0.3, -0.25) is 14.9 Å². The monoisotopic (exact) mass is 387 g/mol. The second-order valence-electron chi connectivity index (χ2n) is 5.53. The maximum Gasteiger partial charge on any atom is 0.328 e. The van der Waals surface area contributed by atoms with Crippen molar-refractivity contribution in [2.45, 2.75) is 31.2 Å². The molecule has 0 radical (unpaired) electrons. The van der Waals surface area contributed by atoms with Crippen molar-refractivity contribution in [2.75, 3.05) is 13.7 Å². The fourth-order valence-corrected chi connectivity index (χ4v) is 2.99. The molecule has 0 aliphatic rings. The van der Waals surface area contributed by atoms with E-state index < -0.39 is 39.4 Å². The van der Waals surface area contributed by atoms with Crippen LogP contribution in [0.4, 0.5) is 5.69 Å². The molecule has 0 saturated heterocycles. The van der Waals surface area contributed by atoms with Crippen LogP contribution in [0.3, 0.4) is 0 Å². The average molecular weight is 387 g/mol. The van der Waals surface area contributed by atoms with Crippen LogP contribution in [-0.2, 0) is 24.3 Å². The van der Waals surface area contributed by atoms with E-state index >= 15 is 0 Å². The number of nitro benzene ring substituents is 1. The Labute approximate surface area is 151 Å². The van der Waals surface area contributed by atoms with Crippen molar-refractivity contribution in [1.29, 1.82) is 0 Å². The zero-order chi connectivity index (χ0) is 19.9. The SMILES string of the molecule is CCC(C)C(NC(=O)CNS(=O)(=O)c1ccc([N+](=O)[O-])cc1)C(=O)OC. The summed E-state index contributed by atoms with van der Waals surface area (Å²) in [6.45, 7) is 3.00. The molecule has 1 rings (SSSR count). The first-order chi connectivity index (χ1) is 12.1. The highest BCUT2D eigenvalue weighted by Gasteiger charge is 2.27. The standard InChI is InChI=1S/C15H21N3O7S/c1-4-10(2)14(15(20)25-3)17-13(19)9-16-26(23,24)12-7-5-11(6-8-12)18(21)22/h5-8,10,14,16H,4,9H2,1-3H3,(H,17,19). The van der Waals surface area contributed by atoms with Crippen molar-refractivity contribution in [3.05, 3.63) is 34.4 Å². The number of benzene rings is 1. The highest BCUT2D eigenvalue weighted by atomic mass is 32.2. The maximum atomic E-state index is 12.1. The van der Waals surface area contributed by atoms with E-state index in [2.05, 4.69) is 14.8 Å². The summed E-state index contributed by atoms with van der Waals surface area (Å²) in [4.78, 5) is 33.4. The Morgan fingerprint density at radius 1 is 1.27 bits per heavy atom. The molecule has 0 spiro atoms. The Balaban J connectivity index is 2.75. The number of sulfonamides is 1. The van der Waals surface area contributed by atoms with E-state index in [0.717, 1.165) is 24.3 Å². The molecule has 10 nitrogen and oxygen atoms in total. The van der Waals surface area contributed by atoms with E-state index in [4.69, 9.17) is 0 Å². The minimum absolute atomic E-state index is 0.197. The normalized spacial score (nSPS) is 13.5. The van der Waals surface area contributed by atoms with E-state index in [1.54, 1.807) is 6.92 Å². The molecule has 1 amide bonds. The van der Waals surface area contributed by atoms with Gasteiger partial charge < -0.3 is 10.1 Å². The molecular formula is C15H21N3O7S. The fraction of sp³-hybridized carbons (Fsp3) is 0.467. The van der Waals surface area contributed by atoms with Crippen molar-refractivity contribution in [3.8, 4) is 0 Å². The number of carbonyl (C=O) groups excluding carboxylic acids is 2. The largest absolute Gasteiger partial charge is 0.467 e. The van der Waals surface area contributed by atoms with Gasteiger partial charge in [0.1, 0.15) is 6.04 Å². The van der Waals surface area contributed by atoms with Crippen LogP contribution in [0.15, 0.2) is 29.2 Å². The van der Waals surface area contributed by atoms with Gasteiger partial charge >= 0.3 is 5.97 Å². The predicted molar refractivity (Wildman–Crippen MR) is 91.7 cm³/mol. The summed E-state index contributed by atoms with van der Waals surface area (Å²) in [5.41, 5.74) is -0.254. The Morgan fingerprint density at radius 2 is 1.85 bits per heavy atom. The minimum atomic E-state index is -4.03. The summed E-state index contributed by atoms with van der Waals surface area (Å²) in [6.07, 6.45) is 0.606. The molecule has 0 aromatic heterocycles. The lowest BCUT2D eigenvalue weighted by Crippen LogP contribution is -2.48. The summed E-state index contributed by atoms with van der Waals surface area (Å²) in [7, 11) is -2.84. The van der Waals surface area contributed by atoms with E-state index in [9.17, 15) is 28.1 Å². The van der Waals surface area contributed by atoms with Crippen molar-refractivity contribution >= 4 is 27.6 Å². The van der Waals surface area contributed by atoms with Gasteiger partial charge in [0.2, 0.25) is 15.9 Å². The molecule has 0 saturated carbocycles. The molecule has 0 aliphatic carbocycles. The first-order valence-electron chi connectivity index (χ1n) is 7.73. The number of carbonyl (C=O) groups is 2. The molecule has 0 bridgehead atoms. The minimum Gasteiger partial charge on any atom is -0.467 e. The Morgan fingerprint density at radius 3 is 2.31 bits per heavy atom. The number of amides is 1. The number of methoxy groups -OCH3 is 1. The van der Waals surface area contributed by atoms with Gasteiger partial charge in [-0.15, -0.1) is 0 Å². The topological polar surface area (TPSA) is 145 Å². The van der Waals surface area contributed by atoms with E-state index in [1.165, 1.54) is 7.11 Å². The number of nitrogens with zero attached hydrogens (tertiary/aromatic N) is 1. The van der Waals surface area contributed by atoms with Crippen LogP contribution in [0.2, 0.25) is 0 Å². The van der Waals surface area contributed by atoms with Gasteiger partial charge in [0, 0.05) is 12.1 Å². The summed E-state index contributed by atoms with van der Waals surface area (Å²) in [5, 5.41) is 13.0. The lowest BCUT2D eigenvalue weighted by molar-refractivity contribution is -0.384. The highest BCUT2D eigenvalue weighted by molar-refractivity contribution is 7.89. The third-order valence-electron chi connectivity index (χ3n) is 3.77. The van der Waals surface area contributed by atoms with Crippen molar-refractivity contribution < 1.29 is 27.7 Å². The molecule has 26 heavy (non-hydrogen) atoms. The van der Waals surface area contributed by atoms with E-state index in [-0.39, 0.29) is 16.5 Å². The van der Waals surface area contributed by atoms with Crippen LogP contribution in [0.5, 0.6) is 0 Å². The van der Waals surface area contributed by atoms with Crippen LogP contribution in [0, 0.1) is 16.0 Å². The Kier molecular flexibility index (Phi) is 7.65. The second-order valence-corrected chi connectivity index (χ2v) is 7.30. The van der Waals surface area contributed by atoms with Crippen molar-refractivity contribution in [2.24, 2.45) is 5.92 Å². The van der Waals surface area contributed by atoms with Crippen molar-refractivity contribution in [1.82, 2.24) is 10.0 Å². The number of non-ortho nitro benzene ring substituents is 1. The molecule has 1 aromatic carbocycles. The van der Waals surface area contributed by atoms with Gasteiger partial charge in [-0.05, 0) is 18.1 Å². The smallest absolute Gasteiger partial charge is 0.328 e. The van der Waals surface area contributed by atoms with Gasteiger partial charge in [-0.2, -0.15) is 0 Å². The molecular weight excluding hydrogens is 366 g/mol. The number of hydrogen-bond donors (Lipinski definition) is 2. The number of hydrogen-bond acceptors (Lipinski definition) is 7. The molecule has 144 valence electrons.